The van der Waals surface area contributed by atoms with Gasteiger partial charge in [-0.1, -0.05) is 24.3 Å². The zero-order valence-electron chi connectivity index (χ0n) is 18.6. The third-order valence-electron chi connectivity index (χ3n) is 7.29. The Balaban J connectivity index is 1.71. The van der Waals surface area contributed by atoms with Crippen LogP contribution in [0.5, 0.6) is 11.5 Å². The highest BCUT2D eigenvalue weighted by atomic mass is 16.5. The maximum absolute atomic E-state index is 13.9. The van der Waals surface area contributed by atoms with E-state index < -0.39 is 11.0 Å². The number of rotatable bonds is 4. The summed E-state index contributed by atoms with van der Waals surface area (Å²) in [5.74, 6) is 2.07. The van der Waals surface area contributed by atoms with Crippen molar-refractivity contribution in [3.8, 4) is 11.5 Å². The summed E-state index contributed by atoms with van der Waals surface area (Å²) in [7, 11) is 0. The van der Waals surface area contributed by atoms with E-state index in [2.05, 4.69) is 25.2 Å². The number of carbonyl (C=O) groups is 1. The first-order valence-corrected chi connectivity index (χ1v) is 11.4. The van der Waals surface area contributed by atoms with Crippen molar-refractivity contribution in [1.82, 2.24) is 0 Å². The van der Waals surface area contributed by atoms with Gasteiger partial charge in [-0.3, -0.25) is 4.79 Å². The van der Waals surface area contributed by atoms with Gasteiger partial charge in [0.25, 0.3) is 0 Å². The predicted molar refractivity (Wildman–Crippen MR) is 120 cm³/mol. The number of ether oxygens (including phenoxy) is 3. The molecule has 3 aliphatic heterocycles. The molecule has 0 aromatic heterocycles. The van der Waals surface area contributed by atoms with Crippen molar-refractivity contribution in [2.45, 2.75) is 51.0 Å². The molecule has 0 bridgehead atoms. The molecule has 2 aromatic carbocycles. The zero-order chi connectivity index (χ0) is 21.6. The lowest BCUT2D eigenvalue weighted by Crippen LogP contribution is -2.58. The van der Waals surface area contributed by atoms with Crippen molar-refractivity contribution < 1.29 is 19.0 Å². The molecular weight excluding hydrogens is 390 g/mol. The Morgan fingerprint density at radius 1 is 1.10 bits per heavy atom. The number of anilines is 1. The predicted octanol–water partition coefficient (Wildman–Crippen LogP) is 4.93. The minimum Gasteiger partial charge on any atom is -0.494 e. The summed E-state index contributed by atoms with van der Waals surface area (Å²) in [5, 5.41) is 3.19. The Labute approximate surface area is 184 Å². The summed E-state index contributed by atoms with van der Waals surface area (Å²) in [5.41, 5.74) is 1.59. The Hall–Kier alpha value is -2.53. The molecule has 5 heteroatoms. The van der Waals surface area contributed by atoms with Crippen LogP contribution in [0.1, 0.15) is 51.2 Å². The van der Waals surface area contributed by atoms with Crippen molar-refractivity contribution in [2.24, 2.45) is 11.8 Å². The van der Waals surface area contributed by atoms with Gasteiger partial charge < -0.3 is 19.5 Å². The maximum atomic E-state index is 13.9. The molecular formula is C26H31NO4. The molecule has 1 N–H and O–H groups in total. The van der Waals surface area contributed by atoms with Gasteiger partial charge in [0.15, 0.2) is 0 Å². The quantitative estimate of drug-likeness (QED) is 0.761. The molecule has 3 heterocycles. The molecule has 164 valence electrons. The molecule has 31 heavy (non-hydrogen) atoms. The molecule has 2 aromatic rings. The molecule has 3 aliphatic rings. The lowest BCUT2D eigenvalue weighted by Gasteiger charge is -2.51. The van der Waals surface area contributed by atoms with Crippen LogP contribution in [0.3, 0.4) is 0 Å². The van der Waals surface area contributed by atoms with Crippen LogP contribution in [0.4, 0.5) is 5.69 Å². The van der Waals surface area contributed by atoms with Crippen LogP contribution in [-0.4, -0.2) is 31.3 Å². The molecule has 0 radical (unpaired) electrons. The smallest absolute Gasteiger partial charge is 0.240 e. The molecule has 2 unspecified atom stereocenters. The second-order valence-corrected chi connectivity index (χ2v) is 9.45. The van der Waals surface area contributed by atoms with E-state index in [1.807, 2.05) is 43.3 Å². The topological polar surface area (TPSA) is 56.8 Å². The monoisotopic (exact) mass is 421 g/mol. The molecule has 1 saturated heterocycles. The van der Waals surface area contributed by atoms with E-state index >= 15 is 0 Å². The lowest BCUT2D eigenvalue weighted by atomic mass is 9.57. The second-order valence-electron chi connectivity index (χ2n) is 9.45. The van der Waals surface area contributed by atoms with Gasteiger partial charge in [0, 0.05) is 36.4 Å². The number of benzene rings is 2. The van der Waals surface area contributed by atoms with Gasteiger partial charge >= 0.3 is 0 Å². The molecule has 1 fully saturated rings. The van der Waals surface area contributed by atoms with E-state index in [9.17, 15) is 4.79 Å². The van der Waals surface area contributed by atoms with Crippen LogP contribution in [-0.2, 0) is 14.9 Å². The third kappa shape index (κ3) is 3.13. The number of para-hydroxylation sites is 1. The van der Waals surface area contributed by atoms with Crippen LogP contribution in [0.25, 0.3) is 0 Å². The minimum atomic E-state index is -0.781. The minimum absolute atomic E-state index is 0.00260. The van der Waals surface area contributed by atoms with E-state index in [0.29, 0.717) is 12.5 Å². The first-order chi connectivity index (χ1) is 15.0. The van der Waals surface area contributed by atoms with Gasteiger partial charge in [0.2, 0.25) is 5.91 Å². The molecule has 1 amide bonds. The highest BCUT2D eigenvalue weighted by Gasteiger charge is 2.62. The van der Waals surface area contributed by atoms with Crippen molar-refractivity contribution in [3.05, 3.63) is 53.6 Å². The summed E-state index contributed by atoms with van der Waals surface area (Å²) in [6, 6.07) is 14.1. The summed E-state index contributed by atoms with van der Waals surface area (Å²) >= 11 is 0. The number of fused-ring (bicyclic) bond motifs is 4. The highest BCUT2D eigenvalue weighted by Crippen LogP contribution is 2.59. The zero-order valence-corrected chi connectivity index (χ0v) is 18.6. The largest absolute Gasteiger partial charge is 0.494 e. The fourth-order valence-corrected chi connectivity index (χ4v) is 5.90. The summed E-state index contributed by atoms with van der Waals surface area (Å²) in [4.78, 5) is 13.9. The highest BCUT2D eigenvalue weighted by molar-refractivity contribution is 6.09. The average Bonchev–Trinajstić information content (AvgIpc) is 3.04. The summed E-state index contributed by atoms with van der Waals surface area (Å²) in [6.07, 6.45) is 2.98. The van der Waals surface area contributed by atoms with Gasteiger partial charge in [-0.05, 0) is 63.6 Å². The fraction of sp³-hybridized carbons (Fsp3) is 0.500. The average molecular weight is 422 g/mol. The van der Waals surface area contributed by atoms with Crippen LogP contribution in [0.15, 0.2) is 42.5 Å². The first-order valence-electron chi connectivity index (χ1n) is 11.4. The van der Waals surface area contributed by atoms with Crippen LogP contribution in [0.2, 0.25) is 0 Å². The maximum Gasteiger partial charge on any atom is 0.240 e. The van der Waals surface area contributed by atoms with Crippen molar-refractivity contribution in [2.75, 3.05) is 25.1 Å². The van der Waals surface area contributed by atoms with Gasteiger partial charge in [-0.15, -0.1) is 0 Å². The fourth-order valence-electron chi connectivity index (χ4n) is 5.90. The first kappa shape index (κ1) is 20.4. The lowest BCUT2D eigenvalue weighted by molar-refractivity contribution is -0.127. The Morgan fingerprint density at radius 3 is 2.65 bits per heavy atom. The second kappa shape index (κ2) is 7.56. The number of hydrogen-bond acceptors (Lipinski definition) is 4. The van der Waals surface area contributed by atoms with E-state index in [1.54, 1.807) is 0 Å². The normalized spacial score (nSPS) is 26.7. The molecule has 1 spiro atoms. The number of amides is 1. The van der Waals surface area contributed by atoms with Gasteiger partial charge in [-0.25, -0.2) is 0 Å². The van der Waals surface area contributed by atoms with Gasteiger partial charge in [-0.2, -0.15) is 0 Å². The van der Waals surface area contributed by atoms with E-state index in [4.69, 9.17) is 14.2 Å². The Kier molecular flexibility index (Phi) is 4.97. The van der Waals surface area contributed by atoms with E-state index in [1.165, 1.54) is 0 Å². The van der Waals surface area contributed by atoms with Crippen LogP contribution < -0.4 is 14.8 Å². The molecule has 5 nitrogen and oxygen atoms in total. The molecule has 0 aliphatic carbocycles. The Morgan fingerprint density at radius 2 is 1.87 bits per heavy atom. The van der Waals surface area contributed by atoms with Gasteiger partial charge in [0.05, 0.1) is 6.61 Å². The third-order valence-corrected chi connectivity index (χ3v) is 7.29. The van der Waals surface area contributed by atoms with Crippen molar-refractivity contribution >= 4 is 11.6 Å². The summed E-state index contributed by atoms with van der Waals surface area (Å²) in [6.45, 7) is 8.40. The number of hydrogen-bond donors (Lipinski definition) is 1. The standard InChI is InChI=1S/C26H31NO4/c1-4-30-18-9-10-20-22(16-18)31-25(2,3)23(15-17-11-13-29-14-12-17)26(20)19-7-5-6-8-21(19)27-24(26)28/h5-10,16-17,23H,4,11-15H2,1-3H3,(H,27,28). The molecule has 2 atom stereocenters. The van der Waals surface area contributed by atoms with E-state index in [0.717, 1.165) is 60.8 Å². The van der Waals surface area contributed by atoms with Crippen LogP contribution in [0, 0.1) is 11.8 Å². The molecule has 5 rings (SSSR count). The van der Waals surface area contributed by atoms with Crippen molar-refractivity contribution in [1.29, 1.82) is 0 Å². The van der Waals surface area contributed by atoms with Crippen LogP contribution >= 0.6 is 0 Å². The van der Waals surface area contributed by atoms with E-state index in [-0.39, 0.29) is 11.8 Å². The number of carbonyl (C=O) groups excluding carboxylic acids is 1. The number of nitrogens with one attached hydrogen (secondary N) is 1. The Bertz CT molecular complexity index is 995. The SMILES string of the molecule is CCOc1ccc2c(c1)OC(C)(C)C(CC1CCOCC1)C21C(=O)Nc2ccccc21. The molecule has 0 saturated carbocycles. The van der Waals surface area contributed by atoms with Gasteiger partial charge in [0.1, 0.15) is 22.5 Å². The van der Waals surface area contributed by atoms with Crippen molar-refractivity contribution in [3.63, 3.8) is 0 Å². The summed E-state index contributed by atoms with van der Waals surface area (Å²) < 4.78 is 18.0.